The Balaban J connectivity index is 1.53. The summed E-state index contributed by atoms with van der Waals surface area (Å²) in [6, 6.07) is 14.8. The number of amides is 3. The fourth-order valence-corrected chi connectivity index (χ4v) is 4.18. The molecule has 3 amide bonds. The highest BCUT2D eigenvalue weighted by Gasteiger charge is 2.20. The lowest BCUT2D eigenvalue weighted by atomic mass is 10.1. The topological polar surface area (TPSA) is 161 Å². The van der Waals surface area contributed by atoms with Crippen molar-refractivity contribution in [3.8, 4) is 0 Å². The standard InChI is InChI=1S/C25H23ClN4O7S/c1-37-22(31)15-29-25(34)21-11-6-18(14-28-21)24(33)30-38(35,36)20-9-2-16(3-10-20)12-13-27-23(32)17-4-7-19(26)8-5-17/h2-11,14H,12-13,15H2,1H3,(H,27,32)(H,29,34)(H,30,33). The molecule has 3 aromatic rings. The summed E-state index contributed by atoms with van der Waals surface area (Å²) in [6.07, 6.45) is 1.50. The van der Waals surface area contributed by atoms with E-state index in [1.807, 2.05) is 4.72 Å². The highest BCUT2D eigenvalue weighted by Crippen LogP contribution is 2.13. The Bertz CT molecular complexity index is 1430. The highest BCUT2D eigenvalue weighted by molar-refractivity contribution is 7.90. The van der Waals surface area contributed by atoms with E-state index in [-0.39, 0.29) is 28.6 Å². The van der Waals surface area contributed by atoms with E-state index in [1.165, 1.54) is 31.4 Å². The SMILES string of the molecule is COC(=O)CNC(=O)c1ccc(C(=O)NS(=O)(=O)c2ccc(CCNC(=O)c3ccc(Cl)cc3)cc2)cn1. The van der Waals surface area contributed by atoms with Crippen molar-refractivity contribution in [3.63, 3.8) is 0 Å². The van der Waals surface area contributed by atoms with Gasteiger partial charge in [-0.2, -0.15) is 0 Å². The summed E-state index contributed by atoms with van der Waals surface area (Å²) in [7, 11) is -3.01. The number of aromatic nitrogens is 1. The number of hydrogen-bond donors (Lipinski definition) is 3. The molecule has 0 fully saturated rings. The molecule has 0 aliphatic rings. The highest BCUT2D eigenvalue weighted by atomic mass is 35.5. The number of methoxy groups -OCH3 is 1. The van der Waals surface area contributed by atoms with E-state index in [0.717, 1.165) is 11.8 Å². The summed E-state index contributed by atoms with van der Waals surface area (Å²) in [4.78, 5) is 51.3. The second kappa shape index (κ2) is 12.8. The summed E-state index contributed by atoms with van der Waals surface area (Å²) in [5.41, 5.74) is 1.08. The maximum atomic E-state index is 12.6. The number of carbonyl (C=O) groups is 4. The minimum atomic E-state index is -4.18. The number of pyridine rings is 1. The number of sulfonamides is 1. The van der Waals surface area contributed by atoms with Gasteiger partial charge in [-0.15, -0.1) is 0 Å². The summed E-state index contributed by atoms with van der Waals surface area (Å²) in [5, 5.41) is 5.59. The predicted molar refractivity (Wildman–Crippen MR) is 137 cm³/mol. The van der Waals surface area contributed by atoms with Crippen LogP contribution >= 0.6 is 11.6 Å². The monoisotopic (exact) mass is 558 g/mol. The summed E-state index contributed by atoms with van der Waals surface area (Å²) >= 11 is 5.82. The van der Waals surface area contributed by atoms with Crippen LogP contribution in [0.3, 0.4) is 0 Å². The first kappa shape index (κ1) is 28.3. The molecule has 0 aliphatic heterocycles. The number of rotatable bonds is 10. The van der Waals surface area contributed by atoms with Gasteiger partial charge in [0.25, 0.3) is 27.7 Å². The molecule has 1 aromatic heterocycles. The van der Waals surface area contributed by atoms with E-state index >= 15 is 0 Å². The maximum Gasteiger partial charge on any atom is 0.325 e. The van der Waals surface area contributed by atoms with Crippen molar-refractivity contribution in [1.82, 2.24) is 20.3 Å². The Labute approximate surface area is 223 Å². The molecule has 1 heterocycles. The summed E-state index contributed by atoms with van der Waals surface area (Å²) < 4.78 is 31.6. The molecule has 0 atom stereocenters. The third-order valence-corrected chi connectivity index (χ3v) is 6.74. The largest absolute Gasteiger partial charge is 0.468 e. The molecule has 2 aromatic carbocycles. The Hall–Kier alpha value is -4.29. The van der Waals surface area contributed by atoms with Crippen molar-refractivity contribution >= 4 is 45.3 Å². The van der Waals surface area contributed by atoms with Gasteiger partial charge in [-0.25, -0.2) is 13.1 Å². The van der Waals surface area contributed by atoms with Gasteiger partial charge in [-0.3, -0.25) is 24.2 Å². The number of nitrogens with one attached hydrogen (secondary N) is 3. The third kappa shape index (κ3) is 7.85. The van der Waals surface area contributed by atoms with Gasteiger partial charge in [0.15, 0.2) is 0 Å². The van der Waals surface area contributed by atoms with Crippen molar-refractivity contribution in [3.05, 3.63) is 94.3 Å². The number of benzene rings is 2. The molecule has 11 nitrogen and oxygen atoms in total. The van der Waals surface area contributed by atoms with Crippen molar-refractivity contribution in [2.24, 2.45) is 0 Å². The van der Waals surface area contributed by atoms with Crippen LogP contribution in [-0.4, -0.2) is 57.3 Å². The molecule has 0 bridgehead atoms. The molecule has 3 rings (SSSR count). The van der Waals surface area contributed by atoms with Gasteiger partial charge < -0.3 is 15.4 Å². The predicted octanol–water partition coefficient (Wildman–Crippen LogP) is 1.73. The van der Waals surface area contributed by atoms with Gasteiger partial charge in [0.1, 0.15) is 12.2 Å². The minimum Gasteiger partial charge on any atom is -0.468 e. The molecule has 198 valence electrons. The number of hydrogen-bond acceptors (Lipinski definition) is 8. The zero-order valence-corrected chi connectivity index (χ0v) is 21.6. The van der Waals surface area contributed by atoms with Gasteiger partial charge in [0, 0.05) is 23.3 Å². The molecular weight excluding hydrogens is 536 g/mol. The Morgan fingerprint density at radius 3 is 2.11 bits per heavy atom. The number of nitrogens with zero attached hydrogens (tertiary/aromatic N) is 1. The second-order valence-electron chi connectivity index (χ2n) is 7.78. The molecular formula is C25H23ClN4O7S. The van der Waals surface area contributed by atoms with Crippen LogP contribution in [0.2, 0.25) is 5.02 Å². The molecule has 0 saturated carbocycles. The van der Waals surface area contributed by atoms with E-state index in [1.54, 1.807) is 36.4 Å². The first-order chi connectivity index (χ1) is 18.1. The van der Waals surface area contributed by atoms with Gasteiger partial charge in [0.2, 0.25) is 0 Å². The van der Waals surface area contributed by atoms with Crippen molar-refractivity contribution in [2.75, 3.05) is 20.2 Å². The van der Waals surface area contributed by atoms with Crippen LogP contribution in [0.5, 0.6) is 0 Å². The van der Waals surface area contributed by atoms with Gasteiger partial charge >= 0.3 is 5.97 Å². The Morgan fingerprint density at radius 1 is 0.842 bits per heavy atom. The van der Waals surface area contributed by atoms with E-state index < -0.39 is 27.8 Å². The molecule has 0 radical (unpaired) electrons. The quantitative estimate of drug-likeness (QED) is 0.317. The Morgan fingerprint density at radius 2 is 1.50 bits per heavy atom. The molecule has 0 aliphatic carbocycles. The number of ether oxygens (including phenoxy) is 1. The van der Waals surface area contributed by atoms with Crippen LogP contribution < -0.4 is 15.4 Å². The lowest BCUT2D eigenvalue weighted by molar-refractivity contribution is -0.139. The van der Waals surface area contributed by atoms with Crippen LogP contribution in [0.15, 0.2) is 71.8 Å². The average Bonchev–Trinajstić information content (AvgIpc) is 2.92. The van der Waals surface area contributed by atoms with Crippen LogP contribution in [0.4, 0.5) is 0 Å². The molecule has 0 saturated heterocycles. The second-order valence-corrected chi connectivity index (χ2v) is 9.90. The zero-order valence-electron chi connectivity index (χ0n) is 20.1. The molecule has 0 spiro atoms. The fraction of sp³-hybridized carbons (Fsp3) is 0.160. The normalized spacial score (nSPS) is 10.8. The third-order valence-electron chi connectivity index (χ3n) is 5.15. The lowest BCUT2D eigenvalue weighted by Gasteiger charge is -2.09. The maximum absolute atomic E-state index is 12.6. The van der Waals surface area contributed by atoms with Crippen LogP contribution in [0.25, 0.3) is 0 Å². The first-order valence-electron chi connectivity index (χ1n) is 11.1. The fourth-order valence-electron chi connectivity index (χ4n) is 3.08. The summed E-state index contributed by atoms with van der Waals surface area (Å²) in [6.45, 7) is -0.0255. The average molecular weight is 559 g/mol. The van der Waals surface area contributed by atoms with Gasteiger partial charge in [-0.05, 0) is 60.5 Å². The van der Waals surface area contributed by atoms with Gasteiger partial charge in [-0.1, -0.05) is 23.7 Å². The van der Waals surface area contributed by atoms with Crippen molar-refractivity contribution < 1.29 is 32.3 Å². The molecule has 0 unspecified atom stereocenters. The number of halogens is 1. The van der Waals surface area contributed by atoms with Crippen molar-refractivity contribution in [2.45, 2.75) is 11.3 Å². The van der Waals surface area contributed by atoms with E-state index in [0.29, 0.717) is 23.6 Å². The van der Waals surface area contributed by atoms with Gasteiger partial charge in [0.05, 0.1) is 17.6 Å². The zero-order chi connectivity index (χ0) is 27.7. The first-order valence-corrected chi connectivity index (χ1v) is 13.0. The van der Waals surface area contributed by atoms with Crippen molar-refractivity contribution in [1.29, 1.82) is 0 Å². The number of carbonyl (C=O) groups excluding carboxylic acids is 4. The van der Waals surface area contributed by atoms with E-state index in [4.69, 9.17) is 11.6 Å². The van der Waals surface area contributed by atoms with Crippen LogP contribution in [0, 0.1) is 0 Å². The van der Waals surface area contributed by atoms with Crippen LogP contribution in [-0.2, 0) is 26.0 Å². The van der Waals surface area contributed by atoms with Crippen LogP contribution in [0.1, 0.15) is 36.8 Å². The summed E-state index contributed by atoms with van der Waals surface area (Å²) in [5.74, 6) is -2.51. The smallest absolute Gasteiger partial charge is 0.325 e. The molecule has 13 heteroatoms. The minimum absolute atomic E-state index is 0.0757. The van der Waals surface area contributed by atoms with E-state index in [9.17, 15) is 27.6 Å². The lowest BCUT2D eigenvalue weighted by Crippen LogP contribution is -2.32. The Kier molecular flexibility index (Phi) is 9.52. The molecule has 3 N–H and O–H groups in total. The number of esters is 1. The molecule has 38 heavy (non-hydrogen) atoms. The van der Waals surface area contributed by atoms with E-state index in [2.05, 4.69) is 20.4 Å².